The molecule has 0 saturated carbocycles. The van der Waals surface area contributed by atoms with Crippen LogP contribution in [-0.2, 0) is 9.59 Å². The molecule has 6 nitrogen and oxygen atoms in total. The average Bonchev–Trinajstić information content (AvgIpc) is 2.95. The van der Waals surface area contributed by atoms with Gasteiger partial charge in [0, 0.05) is 11.1 Å². The number of anilines is 2. The van der Waals surface area contributed by atoms with Gasteiger partial charge in [-0.25, -0.2) is 0 Å². The standard InChI is InChI=1S/C17H22N4O2S2/c1-10-6-7-12(11(2)8-10)18-13(22)9-24-16-21-20-15(25-16)19-14(23)17(3,4)5/h6-8H,9H2,1-5H3,(H,18,22)(H,19,20,23). The second kappa shape index (κ2) is 7.97. The summed E-state index contributed by atoms with van der Waals surface area (Å²) in [5, 5.41) is 14.0. The van der Waals surface area contributed by atoms with Crippen LogP contribution in [0, 0.1) is 19.3 Å². The molecule has 0 aliphatic rings. The van der Waals surface area contributed by atoms with Gasteiger partial charge in [0.05, 0.1) is 5.75 Å². The molecule has 0 spiro atoms. The minimum Gasteiger partial charge on any atom is -0.325 e. The van der Waals surface area contributed by atoms with Crippen molar-refractivity contribution in [2.45, 2.75) is 39.0 Å². The SMILES string of the molecule is Cc1ccc(NC(=O)CSc2nnc(NC(=O)C(C)(C)C)s2)c(C)c1. The Labute approximate surface area is 155 Å². The number of carbonyl (C=O) groups is 2. The Balaban J connectivity index is 1.87. The van der Waals surface area contributed by atoms with E-state index in [1.165, 1.54) is 23.1 Å². The van der Waals surface area contributed by atoms with E-state index in [0.29, 0.717) is 9.47 Å². The van der Waals surface area contributed by atoms with Crippen LogP contribution in [0.2, 0.25) is 0 Å². The van der Waals surface area contributed by atoms with Gasteiger partial charge in [0.15, 0.2) is 4.34 Å². The molecule has 2 aromatic rings. The third-order valence-electron chi connectivity index (χ3n) is 3.29. The highest BCUT2D eigenvalue weighted by Crippen LogP contribution is 2.27. The van der Waals surface area contributed by atoms with Crippen LogP contribution in [0.5, 0.6) is 0 Å². The van der Waals surface area contributed by atoms with Crippen LogP contribution in [0.4, 0.5) is 10.8 Å². The van der Waals surface area contributed by atoms with E-state index in [1.807, 2.05) is 52.8 Å². The summed E-state index contributed by atoms with van der Waals surface area (Å²) in [5.41, 5.74) is 2.50. The van der Waals surface area contributed by atoms with Gasteiger partial charge in [-0.2, -0.15) is 0 Å². The third-order valence-corrected chi connectivity index (χ3v) is 5.26. The molecular weight excluding hydrogens is 356 g/mol. The summed E-state index contributed by atoms with van der Waals surface area (Å²) in [7, 11) is 0. The summed E-state index contributed by atoms with van der Waals surface area (Å²) in [5.74, 6) is 0.00930. The van der Waals surface area contributed by atoms with Crippen molar-refractivity contribution in [3.05, 3.63) is 29.3 Å². The number of nitrogens with one attached hydrogen (secondary N) is 2. The molecule has 8 heteroatoms. The number of thioether (sulfide) groups is 1. The van der Waals surface area contributed by atoms with E-state index in [4.69, 9.17) is 0 Å². The Hall–Kier alpha value is -1.93. The van der Waals surface area contributed by atoms with Crippen LogP contribution in [0.15, 0.2) is 22.5 Å². The molecule has 1 aromatic heterocycles. The minimum absolute atomic E-state index is 0.104. The molecule has 0 radical (unpaired) electrons. The summed E-state index contributed by atoms with van der Waals surface area (Å²) in [4.78, 5) is 24.0. The molecule has 0 saturated heterocycles. The number of rotatable bonds is 5. The molecule has 2 amide bonds. The van der Waals surface area contributed by atoms with E-state index in [9.17, 15) is 9.59 Å². The number of aryl methyl sites for hydroxylation is 2. The highest BCUT2D eigenvalue weighted by atomic mass is 32.2. The van der Waals surface area contributed by atoms with Gasteiger partial charge in [-0.15, -0.1) is 10.2 Å². The second-order valence-corrected chi connectivity index (χ2v) is 8.93. The predicted molar refractivity (Wildman–Crippen MR) is 103 cm³/mol. The van der Waals surface area contributed by atoms with Gasteiger partial charge in [-0.05, 0) is 25.5 Å². The molecular formula is C17H22N4O2S2. The van der Waals surface area contributed by atoms with Crippen molar-refractivity contribution in [1.29, 1.82) is 0 Å². The number of carbonyl (C=O) groups excluding carboxylic acids is 2. The highest BCUT2D eigenvalue weighted by molar-refractivity contribution is 8.01. The molecule has 0 aliphatic heterocycles. The number of amides is 2. The van der Waals surface area contributed by atoms with Gasteiger partial charge in [-0.1, -0.05) is 61.6 Å². The maximum absolute atomic E-state index is 12.1. The summed E-state index contributed by atoms with van der Waals surface area (Å²) >= 11 is 2.55. The predicted octanol–water partition coefficient (Wildman–Crippen LogP) is 3.87. The van der Waals surface area contributed by atoms with Crippen LogP contribution >= 0.6 is 23.1 Å². The molecule has 0 fully saturated rings. The van der Waals surface area contributed by atoms with Crippen LogP contribution < -0.4 is 10.6 Å². The van der Waals surface area contributed by atoms with Crippen molar-refractivity contribution in [3.63, 3.8) is 0 Å². The zero-order valence-electron chi connectivity index (χ0n) is 15.0. The van der Waals surface area contributed by atoms with E-state index in [-0.39, 0.29) is 17.6 Å². The van der Waals surface area contributed by atoms with Crippen LogP contribution in [0.1, 0.15) is 31.9 Å². The Morgan fingerprint density at radius 2 is 1.88 bits per heavy atom. The van der Waals surface area contributed by atoms with Gasteiger partial charge < -0.3 is 10.6 Å². The summed E-state index contributed by atoms with van der Waals surface area (Å²) in [6, 6.07) is 5.89. The number of nitrogens with zero attached hydrogens (tertiary/aromatic N) is 2. The maximum atomic E-state index is 12.1. The van der Waals surface area contributed by atoms with Crippen molar-refractivity contribution >= 4 is 45.7 Å². The molecule has 25 heavy (non-hydrogen) atoms. The molecule has 2 rings (SSSR count). The Bertz CT molecular complexity index is 781. The molecule has 134 valence electrons. The highest BCUT2D eigenvalue weighted by Gasteiger charge is 2.22. The molecule has 0 aliphatic carbocycles. The zero-order chi connectivity index (χ0) is 18.6. The zero-order valence-corrected chi connectivity index (χ0v) is 16.6. The second-order valence-electron chi connectivity index (χ2n) is 6.73. The van der Waals surface area contributed by atoms with E-state index >= 15 is 0 Å². The van der Waals surface area contributed by atoms with Gasteiger partial charge in [0.25, 0.3) is 0 Å². The molecule has 0 bridgehead atoms. The van der Waals surface area contributed by atoms with Gasteiger partial charge in [0.2, 0.25) is 16.9 Å². The number of benzene rings is 1. The largest absolute Gasteiger partial charge is 0.325 e. The maximum Gasteiger partial charge on any atom is 0.234 e. The lowest BCUT2D eigenvalue weighted by Crippen LogP contribution is -2.27. The summed E-state index contributed by atoms with van der Waals surface area (Å²) in [6.45, 7) is 9.47. The first-order valence-electron chi connectivity index (χ1n) is 7.80. The topological polar surface area (TPSA) is 84.0 Å². The van der Waals surface area contributed by atoms with E-state index in [2.05, 4.69) is 20.8 Å². The number of hydrogen-bond acceptors (Lipinski definition) is 6. The lowest BCUT2D eigenvalue weighted by atomic mass is 9.96. The smallest absolute Gasteiger partial charge is 0.234 e. The van der Waals surface area contributed by atoms with Crippen molar-refractivity contribution < 1.29 is 9.59 Å². The quantitative estimate of drug-likeness (QED) is 0.609. The Kier molecular flexibility index (Phi) is 6.18. The fourth-order valence-electron chi connectivity index (χ4n) is 1.87. The first-order chi connectivity index (χ1) is 11.6. The minimum atomic E-state index is -0.495. The monoisotopic (exact) mass is 378 g/mol. The summed E-state index contributed by atoms with van der Waals surface area (Å²) in [6.07, 6.45) is 0. The van der Waals surface area contributed by atoms with E-state index in [0.717, 1.165) is 16.8 Å². The van der Waals surface area contributed by atoms with Gasteiger partial charge in [0.1, 0.15) is 0 Å². The molecule has 2 N–H and O–H groups in total. The van der Waals surface area contributed by atoms with Gasteiger partial charge in [-0.3, -0.25) is 9.59 Å². The third kappa shape index (κ3) is 5.82. The molecule has 1 aromatic carbocycles. The molecule has 1 heterocycles. The van der Waals surface area contributed by atoms with Crippen molar-refractivity contribution in [3.8, 4) is 0 Å². The fraction of sp³-hybridized carbons (Fsp3) is 0.412. The Morgan fingerprint density at radius 1 is 1.16 bits per heavy atom. The van der Waals surface area contributed by atoms with E-state index in [1.54, 1.807) is 0 Å². The lowest BCUT2D eigenvalue weighted by Gasteiger charge is -2.15. The van der Waals surface area contributed by atoms with E-state index < -0.39 is 5.41 Å². The number of aromatic nitrogens is 2. The fourth-order valence-corrected chi connectivity index (χ4v) is 3.42. The number of hydrogen-bond donors (Lipinski definition) is 2. The van der Waals surface area contributed by atoms with Gasteiger partial charge >= 0.3 is 0 Å². The molecule has 0 atom stereocenters. The van der Waals surface area contributed by atoms with Crippen LogP contribution in [0.25, 0.3) is 0 Å². The van der Waals surface area contributed by atoms with Crippen molar-refractivity contribution in [2.75, 3.05) is 16.4 Å². The van der Waals surface area contributed by atoms with Crippen LogP contribution in [-0.4, -0.2) is 27.8 Å². The molecule has 0 unspecified atom stereocenters. The Morgan fingerprint density at radius 3 is 2.52 bits per heavy atom. The normalized spacial score (nSPS) is 11.2. The average molecular weight is 379 g/mol. The van der Waals surface area contributed by atoms with Crippen LogP contribution in [0.3, 0.4) is 0 Å². The lowest BCUT2D eigenvalue weighted by molar-refractivity contribution is -0.123. The first-order valence-corrected chi connectivity index (χ1v) is 9.60. The van der Waals surface area contributed by atoms with Crippen molar-refractivity contribution in [1.82, 2.24) is 10.2 Å². The summed E-state index contributed by atoms with van der Waals surface area (Å²) < 4.78 is 0.639. The van der Waals surface area contributed by atoms with Crippen molar-refractivity contribution in [2.24, 2.45) is 5.41 Å². The first kappa shape index (κ1) is 19.4.